The maximum Gasteiger partial charge on any atom is 0.296 e. The third kappa shape index (κ3) is 4.44. The lowest BCUT2D eigenvalue weighted by Crippen LogP contribution is -2.28. The number of benzene rings is 3. The molecular formula is C30H21N5O4S. The summed E-state index contributed by atoms with van der Waals surface area (Å²) < 4.78 is 14.8. The van der Waals surface area contributed by atoms with Crippen LogP contribution < -0.4 is 25.1 Å². The Bertz CT molecular complexity index is 2030. The van der Waals surface area contributed by atoms with E-state index in [9.17, 15) is 9.59 Å². The summed E-state index contributed by atoms with van der Waals surface area (Å²) in [6.07, 6.45) is 3.93. The first-order valence-corrected chi connectivity index (χ1v) is 13.5. The molecule has 0 bridgehead atoms. The fourth-order valence-electron chi connectivity index (χ4n) is 4.60. The van der Waals surface area contributed by atoms with E-state index in [1.807, 2.05) is 85.1 Å². The highest BCUT2D eigenvalue weighted by Crippen LogP contribution is 2.35. The Morgan fingerprint density at radius 2 is 1.62 bits per heavy atom. The average molecular weight is 548 g/mol. The lowest BCUT2D eigenvalue weighted by atomic mass is 10.1. The second-order valence-electron chi connectivity index (χ2n) is 9.21. The second kappa shape index (κ2) is 9.90. The normalized spacial score (nSPS) is 13.2. The minimum absolute atomic E-state index is 0.221. The van der Waals surface area contributed by atoms with Crippen LogP contribution in [-0.4, -0.2) is 37.6 Å². The lowest BCUT2D eigenvalue weighted by Gasteiger charge is -2.18. The Kier molecular flexibility index (Phi) is 5.94. The predicted octanol–water partition coefficient (Wildman–Crippen LogP) is 3.27. The Morgan fingerprint density at radius 3 is 2.42 bits per heavy atom. The number of hydrogen-bond acceptors (Lipinski definition) is 8. The van der Waals surface area contributed by atoms with E-state index in [-0.39, 0.29) is 16.2 Å². The van der Waals surface area contributed by atoms with Crippen molar-refractivity contribution >= 4 is 22.4 Å². The first-order chi connectivity index (χ1) is 19.6. The monoisotopic (exact) mass is 547 g/mol. The Hall–Kier alpha value is -5.09. The molecule has 6 aromatic rings. The summed E-state index contributed by atoms with van der Waals surface area (Å²) in [5.74, 6) is 1.33. The van der Waals surface area contributed by atoms with Crippen LogP contribution in [0.5, 0.6) is 11.5 Å². The van der Waals surface area contributed by atoms with E-state index in [2.05, 4.69) is 10.1 Å². The fourth-order valence-corrected chi connectivity index (χ4v) is 5.50. The van der Waals surface area contributed by atoms with E-state index in [4.69, 9.17) is 14.6 Å². The summed E-state index contributed by atoms with van der Waals surface area (Å²) in [6.45, 7) is 0.977. The highest BCUT2D eigenvalue weighted by molar-refractivity contribution is 7.15. The molecular weight excluding hydrogens is 526 g/mol. The average Bonchev–Trinajstić information content (AvgIpc) is 3.55. The van der Waals surface area contributed by atoms with E-state index in [1.165, 1.54) is 4.52 Å². The molecule has 0 fully saturated rings. The van der Waals surface area contributed by atoms with E-state index >= 15 is 0 Å². The maximum absolute atomic E-state index is 13.4. The van der Waals surface area contributed by atoms with Gasteiger partial charge in [0.1, 0.15) is 24.6 Å². The van der Waals surface area contributed by atoms with Crippen molar-refractivity contribution in [2.75, 3.05) is 13.2 Å². The third-order valence-corrected chi connectivity index (χ3v) is 7.49. The molecule has 4 heterocycles. The molecule has 0 radical (unpaired) electrons. The Balaban J connectivity index is 1.36. The minimum Gasteiger partial charge on any atom is -0.486 e. The van der Waals surface area contributed by atoms with Gasteiger partial charge in [-0.15, -0.1) is 0 Å². The van der Waals surface area contributed by atoms with E-state index < -0.39 is 5.56 Å². The van der Waals surface area contributed by atoms with Crippen LogP contribution in [0, 0.1) is 0 Å². The van der Waals surface area contributed by atoms with Crippen LogP contribution >= 0.6 is 11.3 Å². The highest BCUT2D eigenvalue weighted by atomic mass is 32.1. The molecule has 0 saturated heterocycles. The van der Waals surface area contributed by atoms with Crippen molar-refractivity contribution in [1.82, 2.24) is 24.4 Å². The summed E-state index contributed by atoms with van der Waals surface area (Å²) in [5, 5.41) is 9.24. The Morgan fingerprint density at radius 1 is 0.875 bits per heavy atom. The summed E-state index contributed by atoms with van der Waals surface area (Å²) in [4.78, 5) is 30.6. The van der Waals surface area contributed by atoms with E-state index in [0.717, 1.165) is 33.7 Å². The van der Waals surface area contributed by atoms with Gasteiger partial charge < -0.3 is 9.47 Å². The number of aromatic nitrogens is 5. The van der Waals surface area contributed by atoms with Crippen molar-refractivity contribution in [3.8, 4) is 28.4 Å². The molecule has 196 valence electrons. The van der Waals surface area contributed by atoms with Crippen LogP contribution in [0.3, 0.4) is 0 Å². The van der Waals surface area contributed by atoms with Crippen LogP contribution in [0.2, 0.25) is 0 Å². The van der Waals surface area contributed by atoms with Crippen LogP contribution in [0.4, 0.5) is 0 Å². The number of fused-ring (bicyclic) bond motifs is 2. The van der Waals surface area contributed by atoms with Crippen molar-refractivity contribution in [1.29, 1.82) is 0 Å². The van der Waals surface area contributed by atoms with Gasteiger partial charge in [0.25, 0.3) is 11.1 Å². The van der Waals surface area contributed by atoms with Crippen molar-refractivity contribution in [3.05, 3.63) is 127 Å². The van der Waals surface area contributed by atoms with Gasteiger partial charge >= 0.3 is 0 Å². The van der Waals surface area contributed by atoms with Crippen LogP contribution in [0.1, 0.15) is 16.8 Å². The van der Waals surface area contributed by atoms with Crippen LogP contribution in [0.15, 0.2) is 94.6 Å². The summed E-state index contributed by atoms with van der Waals surface area (Å²) >= 11 is 1.12. The molecule has 1 aliphatic rings. The molecule has 0 spiro atoms. The molecule has 1 aliphatic heterocycles. The zero-order valence-electron chi connectivity index (χ0n) is 21.1. The molecule has 0 amide bonds. The highest BCUT2D eigenvalue weighted by Gasteiger charge is 2.18. The van der Waals surface area contributed by atoms with Gasteiger partial charge in [-0.05, 0) is 42.0 Å². The molecule has 0 aliphatic carbocycles. The van der Waals surface area contributed by atoms with Crippen molar-refractivity contribution in [3.63, 3.8) is 0 Å². The van der Waals surface area contributed by atoms with Crippen molar-refractivity contribution in [2.45, 2.75) is 6.42 Å². The molecule has 7 rings (SSSR count). The van der Waals surface area contributed by atoms with Crippen LogP contribution in [0.25, 0.3) is 28.0 Å². The van der Waals surface area contributed by atoms with E-state index in [1.54, 1.807) is 10.8 Å². The third-order valence-electron chi connectivity index (χ3n) is 6.53. The molecule has 9 nitrogen and oxygen atoms in total. The molecule has 10 heteroatoms. The van der Waals surface area contributed by atoms with E-state index in [0.29, 0.717) is 41.4 Å². The molecule has 0 N–H and O–H groups in total. The summed E-state index contributed by atoms with van der Waals surface area (Å²) in [5.41, 5.74) is 3.43. The van der Waals surface area contributed by atoms with Crippen molar-refractivity contribution < 1.29 is 9.47 Å². The van der Waals surface area contributed by atoms with Gasteiger partial charge in [-0.2, -0.15) is 19.7 Å². The number of hydrogen-bond donors (Lipinski definition) is 0. The molecule has 0 saturated carbocycles. The van der Waals surface area contributed by atoms with Gasteiger partial charge in [0, 0.05) is 23.7 Å². The fraction of sp³-hybridized carbons (Fsp3) is 0.100. The summed E-state index contributed by atoms with van der Waals surface area (Å²) in [6, 6.07) is 24.9. The topological polar surface area (TPSA) is 101 Å². The Labute approximate surface area is 231 Å². The first kappa shape index (κ1) is 24.0. The number of ether oxygens (including phenoxy) is 2. The maximum atomic E-state index is 13.4. The molecule has 0 unspecified atom stereocenters. The van der Waals surface area contributed by atoms with Gasteiger partial charge in [-0.1, -0.05) is 59.9 Å². The zero-order chi connectivity index (χ0) is 27.1. The minimum atomic E-state index is -0.439. The lowest BCUT2D eigenvalue weighted by molar-refractivity contribution is 0.171. The smallest absolute Gasteiger partial charge is 0.296 e. The van der Waals surface area contributed by atoms with Gasteiger partial charge in [0.05, 0.1) is 10.2 Å². The number of rotatable bonds is 5. The quantitative estimate of drug-likeness (QED) is 0.327. The molecule has 3 aromatic carbocycles. The molecule has 3 aromatic heterocycles. The predicted molar refractivity (Wildman–Crippen MR) is 151 cm³/mol. The van der Waals surface area contributed by atoms with Crippen LogP contribution in [-0.2, 0) is 6.42 Å². The number of para-hydroxylation sites is 1. The molecule has 0 atom stereocenters. The van der Waals surface area contributed by atoms with Crippen molar-refractivity contribution in [2.24, 2.45) is 0 Å². The number of nitrogens with zero attached hydrogens (tertiary/aromatic N) is 5. The van der Waals surface area contributed by atoms with Gasteiger partial charge in [0.2, 0.25) is 4.96 Å². The van der Waals surface area contributed by atoms with Gasteiger partial charge in [-0.25, -0.2) is 4.68 Å². The first-order valence-electron chi connectivity index (χ1n) is 12.7. The second-order valence-corrected chi connectivity index (χ2v) is 10.2. The molecule has 40 heavy (non-hydrogen) atoms. The summed E-state index contributed by atoms with van der Waals surface area (Å²) in [7, 11) is 0. The van der Waals surface area contributed by atoms with Gasteiger partial charge in [0.15, 0.2) is 11.5 Å². The van der Waals surface area contributed by atoms with Gasteiger partial charge in [-0.3, -0.25) is 9.59 Å². The largest absolute Gasteiger partial charge is 0.486 e. The standard InChI is InChI=1S/C30H21N5O4S/c36-28-23(15-19-7-3-1-4-8-19)32-35-29(37)26(40-30(35)31-28)17-21-18-34(22-9-5-2-6-10-22)33-27(21)20-11-12-24-25(16-20)39-14-13-38-24/h1-12,16-18H,13-15H2. The zero-order valence-corrected chi connectivity index (χ0v) is 21.9. The SMILES string of the molecule is O=c1nc2sc(=Cc3cn(-c4ccccc4)nc3-c3ccc4c(c3)OCCO4)c(=O)n2nc1Cc1ccccc1. The number of thiazole rings is 1.